The topological polar surface area (TPSA) is 143 Å². The third kappa shape index (κ3) is 10.5. The number of fused-ring (bicyclic) bond motifs is 2. The maximum absolute atomic E-state index is 15.4. The Hall–Kier alpha value is -5.84. The molecule has 0 spiro atoms. The van der Waals surface area contributed by atoms with Crippen LogP contribution in [0.1, 0.15) is 108 Å². The minimum Gasteiger partial charge on any atom is -0.459 e. The first kappa shape index (κ1) is 47.6. The van der Waals surface area contributed by atoms with Crippen LogP contribution in [0.4, 0.5) is 4.39 Å². The SMILES string of the molecule is C=CCOC12Oc3ccc(Oc4ccc(C)c(C)c4)cc3C3C(CCCCO)C(CCCCO)C=C(C(=NOC4CCCCO4)CC1N(Cc1ccc(F)cc1)C(=O)c1ccc(C#N)cc1)C32. The van der Waals surface area contributed by atoms with Crippen molar-refractivity contribution in [1.82, 2.24) is 4.90 Å². The van der Waals surface area contributed by atoms with Crippen molar-refractivity contribution >= 4 is 11.6 Å². The van der Waals surface area contributed by atoms with Gasteiger partial charge in [0.2, 0.25) is 12.1 Å². The highest BCUT2D eigenvalue weighted by molar-refractivity contribution is 6.03. The van der Waals surface area contributed by atoms with E-state index in [4.69, 9.17) is 28.9 Å². The number of rotatable bonds is 19. The van der Waals surface area contributed by atoms with E-state index in [0.717, 1.165) is 60.8 Å². The first-order valence-corrected chi connectivity index (χ1v) is 23.8. The zero-order chi connectivity index (χ0) is 46.9. The second-order valence-corrected chi connectivity index (χ2v) is 18.3. The molecule has 0 aromatic heterocycles. The fraction of sp³-hybridized carbons (Fsp3) is 0.436. The fourth-order valence-corrected chi connectivity index (χ4v) is 10.5. The van der Waals surface area contributed by atoms with Crippen LogP contribution in [0.3, 0.4) is 0 Å². The number of carbonyl (C=O) groups is 1. The van der Waals surface area contributed by atoms with Gasteiger partial charge in [0, 0.05) is 49.6 Å². The first-order chi connectivity index (χ1) is 32.7. The maximum atomic E-state index is 15.4. The van der Waals surface area contributed by atoms with Crippen LogP contribution in [0.25, 0.3) is 0 Å². The van der Waals surface area contributed by atoms with Gasteiger partial charge >= 0.3 is 0 Å². The smallest absolute Gasteiger partial charge is 0.254 e. The number of hydrogen-bond donors (Lipinski definition) is 2. The molecule has 1 saturated heterocycles. The Labute approximate surface area is 393 Å². The number of nitrogens with zero attached hydrogens (tertiary/aromatic N) is 3. The molecule has 7 atom stereocenters. The van der Waals surface area contributed by atoms with E-state index in [0.29, 0.717) is 65.5 Å². The lowest BCUT2D eigenvalue weighted by Crippen LogP contribution is -2.70. The number of unbranched alkanes of at least 4 members (excludes halogenated alkanes) is 2. The Morgan fingerprint density at radius 1 is 0.955 bits per heavy atom. The number of aryl methyl sites for hydroxylation is 2. The molecule has 11 nitrogen and oxygen atoms in total. The van der Waals surface area contributed by atoms with Gasteiger partial charge in [0.05, 0.1) is 36.5 Å². The average Bonchev–Trinajstić information content (AvgIpc) is 3.35. The van der Waals surface area contributed by atoms with Crippen molar-refractivity contribution in [1.29, 1.82) is 5.26 Å². The van der Waals surface area contributed by atoms with Gasteiger partial charge in [0.25, 0.3) is 5.91 Å². The van der Waals surface area contributed by atoms with E-state index < -0.39 is 29.9 Å². The molecule has 0 radical (unpaired) electrons. The summed E-state index contributed by atoms with van der Waals surface area (Å²) in [5.74, 6) is -1.18. The predicted molar refractivity (Wildman–Crippen MR) is 253 cm³/mol. The van der Waals surface area contributed by atoms with Crippen LogP contribution in [0.2, 0.25) is 0 Å². The largest absolute Gasteiger partial charge is 0.459 e. The molecular formula is C55H62FN3O8. The van der Waals surface area contributed by atoms with E-state index >= 15 is 4.79 Å². The van der Waals surface area contributed by atoms with Crippen LogP contribution in [-0.2, 0) is 20.9 Å². The highest BCUT2D eigenvalue weighted by atomic mass is 19.1. The van der Waals surface area contributed by atoms with E-state index in [-0.39, 0.29) is 56.4 Å². The van der Waals surface area contributed by atoms with Gasteiger partial charge in [0.15, 0.2) is 0 Å². The van der Waals surface area contributed by atoms with E-state index in [1.54, 1.807) is 47.4 Å². The van der Waals surface area contributed by atoms with Crippen LogP contribution in [0.5, 0.6) is 17.2 Å². The Bertz CT molecular complexity index is 2460. The van der Waals surface area contributed by atoms with Crippen LogP contribution in [0.15, 0.2) is 114 Å². The van der Waals surface area contributed by atoms with E-state index in [2.05, 4.69) is 38.6 Å². The number of aliphatic hydroxyl groups is 2. The molecular weight excluding hydrogens is 850 g/mol. The van der Waals surface area contributed by atoms with Crippen molar-refractivity contribution in [3.05, 3.63) is 148 Å². The number of aliphatic hydroxyl groups excluding tert-OH is 2. The van der Waals surface area contributed by atoms with Crippen molar-refractivity contribution in [3.63, 3.8) is 0 Å². The number of hydrogen-bond acceptors (Lipinski definition) is 10. The number of carbonyl (C=O) groups excluding carboxylic acids is 1. The summed E-state index contributed by atoms with van der Waals surface area (Å²) >= 11 is 0. The van der Waals surface area contributed by atoms with Gasteiger partial charge in [0.1, 0.15) is 29.1 Å². The third-order valence-electron chi connectivity index (χ3n) is 13.9. The minimum absolute atomic E-state index is 0.00686. The Kier molecular flexibility index (Phi) is 15.5. The number of halogens is 1. The monoisotopic (exact) mass is 911 g/mol. The summed E-state index contributed by atoms with van der Waals surface area (Å²) in [4.78, 5) is 23.4. The number of benzene rings is 4. The maximum Gasteiger partial charge on any atom is 0.254 e. The minimum atomic E-state index is -1.54. The first-order valence-electron chi connectivity index (χ1n) is 23.8. The molecule has 1 amide bonds. The molecule has 67 heavy (non-hydrogen) atoms. The summed E-state index contributed by atoms with van der Waals surface area (Å²) in [5.41, 5.74) is 6.18. The second kappa shape index (κ2) is 21.9. The van der Waals surface area contributed by atoms with Crippen LogP contribution in [0, 0.1) is 48.7 Å². The lowest BCUT2D eigenvalue weighted by molar-refractivity contribution is -0.255. The lowest BCUT2D eigenvalue weighted by atomic mass is 9.55. The van der Waals surface area contributed by atoms with Gasteiger partial charge in [-0.15, -0.1) is 6.58 Å². The zero-order valence-corrected chi connectivity index (χ0v) is 38.6. The summed E-state index contributed by atoms with van der Waals surface area (Å²) in [5, 5.41) is 34.7. The summed E-state index contributed by atoms with van der Waals surface area (Å²) < 4.78 is 41.8. The molecule has 2 aliphatic heterocycles. The molecule has 4 aliphatic rings. The molecule has 2 aliphatic carbocycles. The number of ether oxygens (including phenoxy) is 4. The zero-order valence-electron chi connectivity index (χ0n) is 38.6. The predicted octanol–water partition coefficient (Wildman–Crippen LogP) is 10.6. The quantitative estimate of drug-likeness (QED) is 0.0534. The number of nitriles is 1. The normalized spacial score (nSPS) is 24.6. The van der Waals surface area contributed by atoms with Crippen LogP contribution < -0.4 is 9.47 Å². The molecule has 2 fully saturated rings. The van der Waals surface area contributed by atoms with Gasteiger partial charge in [-0.05, 0) is 153 Å². The van der Waals surface area contributed by atoms with Crippen LogP contribution in [-0.4, -0.2) is 71.3 Å². The van der Waals surface area contributed by atoms with E-state index in [9.17, 15) is 19.9 Å². The third-order valence-corrected chi connectivity index (χ3v) is 13.9. The summed E-state index contributed by atoms with van der Waals surface area (Å²) in [6, 6.07) is 25.9. The standard InChI is InChI=1S/C55H62FN3O8/c1-4-28-64-55-50(59(35-39-17-21-42(56)22-18-39)54(62)40-19-15-38(34-57)16-20-40)33-48(58-67-51-13-7-10-29-63-51)46-31-41(11-5-8-26-60)45(12-6-9-27-61)52(53(46)55)47-32-44(24-25-49(47)66-55)65-43-23-14-36(2)37(3)30-43/h4,14-25,30-32,41,45,50-53,60-61H,1,5-13,26-29,33,35H2,2-3H3. The Balaban J connectivity index is 1.36. The van der Waals surface area contributed by atoms with Gasteiger partial charge in [-0.1, -0.05) is 48.3 Å². The highest BCUT2D eigenvalue weighted by Crippen LogP contribution is 2.62. The average molecular weight is 912 g/mol. The van der Waals surface area contributed by atoms with Crippen molar-refractivity contribution in [2.45, 2.75) is 109 Å². The number of amides is 1. The fourth-order valence-electron chi connectivity index (χ4n) is 10.5. The van der Waals surface area contributed by atoms with Crippen LogP contribution >= 0.6 is 0 Å². The summed E-state index contributed by atoms with van der Waals surface area (Å²) in [6.45, 7) is 9.04. The Morgan fingerprint density at radius 3 is 2.40 bits per heavy atom. The van der Waals surface area contributed by atoms with Gasteiger partial charge in [-0.25, -0.2) is 4.39 Å². The van der Waals surface area contributed by atoms with Crippen molar-refractivity contribution in [2.24, 2.45) is 22.9 Å². The molecule has 2 heterocycles. The lowest BCUT2D eigenvalue weighted by Gasteiger charge is -2.60. The molecule has 12 heteroatoms. The van der Waals surface area contributed by atoms with Crippen molar-refractivity contribution in [2.75, 3.05) is 26.4 Å². The molecule has 2 N–H and O–H groups in total. The molecule has 8 rings (SSSR count). The molecule has 1 saturated carbocycles. The molecule has 4 aromatic carbocycles. The molecule has 4 aromatic rings. The van der Waals surface area contributed by atoms with E-state index in [1.165, 1.54) is 12.1 Å². The number of allylic oxidation sites excluding steroid dienone is 1. The number of oxime groups is 1. The van der Waals surface area contributed by atoms with Gasteiger partial charge in [-0.3, -0.25) is 4.79 Å². The van der Waals surface area contributed by atoms with E-state index in [1.807, 2.05) is 30.3 Å². The van der Waals surface area contributed by atoms with Crippen molar-refractivity contribution < 1.29 is 43.2 Å². The Morgan fingerprint density at radius 2 is 1.70 bits per heavy atom. The summed E-state index contributed by atoms with van der Waals surface area (Å²) in [6.07, 6.45) is 10.6. The second-order valence-electron chi connectivity index (χ2n) is 18.3. The molecule has 7 unspecified atom stereocenters. The van der Waals surface area contributed by atoms with Crippen molar-refractivity contribution in [3.8, 4) is 23.3 Å². The van der Waals surface area contributed by atoms with Gasteiger partial charge in [-0.2, -0.15) is 5.26 Å². The van der Waals surface area contributed by atoms with Gasteiger partial charge < -0.3 is 38.9 Å². The highest BCUT2D eigenvalue weighted by Gasteiger charge is 2.65. The summed E-state index contributed by atoms with van der Waals surface area (Å²) in [7, 11) is 0. The molecule has 0 bridgehead atoms. The molecule has 352 valence electrons.